The molecule has 0 aliphatic carbocycles. The number of aliphatic hydroxyl groups is 1. The first kappa shape index (κ1) is 24.1. The number of rotatable bonds is 9. The first-order valence-corrected chi connectivity index (χ1v) is 10.6. The number of Topliss-reactive ketones (excluding diaryl/α,β-unsaturated/α-hetero) is 1. The first-order chi connectivity index (χ1) is 15.8. The number of likely N-dealkylation sites (tertiary alicyclic amines) is 1. The maximum Gasteiger partial charge on any atom is 0.295 e. The Kier molecular flexibility index (Phi) is 7.60. The van der Waals surface area contributed by atoms with Crippen molar-refractivity contribution in [2.45, 2.75) is 12.5 Å². The highest BCUT2D eigenvalue weighted by Gasteiger charge is 2.46. The number of nitrogens with zero attached hydrogens (tertiary/aromatic N) is 2. The van der Waals surface area contributed by atoms with Gasteiger partial charge in [-0.3, -0.25) is 9.59 Å². The summed E-state index contributed by atoms with van der Waals surface area (Å²) < 4.78 is 16.0. The van der Waals surface area contributed by atoms with E-state index in [0.717, 1.165) is 6.54 Å². The summed E-state index contributed by atoms with van der Waals surface area (Å²) in [5, 5.41) is 11.3. The van der Waals surface area contributed by atoms with E-state index in [-0.39, 0.29) is 11.3 Å². The van der Waals surface area contributed by atoms with Crippen LogP contribution < -0.4 is 14.2 Å². The lowest BCUT2D eigenvalue weighted by Gasteiger charge is -2.26. The summed E-state index contributed by atoms with van der Waals surface area (Å²) in [6.45, 7) is 1.11. The molecule has 1 unspecified atom stereocenters. The largest absolute Gasteiger partial charge is 0.507 e. The Hall–Kier alpha value is -3.52. The van der Waals surface area contributed by atoms with Crippen LogP contribution in [0.25, 0.3) is 5.76 Å². The number of aliphatic hydroxyl groups excluding tert-OH is 1. The van der Waals surface area contributed by atoms with Crippen LogP contribution in [0.2, 0.25) is 0 Å². The number of carbonyl (C=O) groups is 2. The van der Waals surface area contributed by atoms with Crippen LogP contribution in [0.5, 0.6) is 17.2 Å². The van der Waals surface area contributed by atoms with Crippen molar-refractivity contribution in [2.24, 2.45) is 0 Å². The molecule has 1 amide bonds. The van der Waals surface area contributed by atoms with Gasteiger partial charge in [0.05, 0.1) is 38.5 Å². The van der Waals surface area contributed by atoms with E-state index in [1.165, 1.54) is 19.1 Å². The molecule has 1 aliphatic heterocycles. The predicted octanol–water partition coefficient (Wildman–Crippen LogP) is 3.09. The summed E-state index contributed by atoms with van der Waals surface area (Å²) in [7, 11) is 8.43. The lowest BCUT2D eigenvalue weighted by atomic mass is 9.94. The Labute approximate surface area is 194 Å². The fourth-order valence-corrected chi connectivity index (χ4v) is 3.97. The zero-order chi connectivity index (χ0) is 24.1. The van der Waals surface area contributed by atoms with Crippen molar-refractivity contribution in [1.82, 2.24) is 9.80 Å². The Morgan fingerprint density at radius 2 is 1.70 bits per heavy atom. The summed E-state index contributed by atoms with van der Waals surface area (Å²) in [4.78, 5) is 29.8. The highest BCUT2D eigenvalue weighted by molar-refractivity contribution is 6.46. The Morgan fingerprint density at radius 3 is 2.33 bits per heavy atom. The van der Waals surface area contributed by atoms with Crippen molar-refractivity contribution in [1.29, 1.82) is 0 Å². The van der Waals surface area contributed by atoms with E-state index in [2.05, 4.69) is 0 Å². The number of ketones is 1. The third-order valence-electron chi connectivity index (χ3n) is 5.62. The molecule has 0 saturated carbocycles. The molecular formula is C25H30N2O6. The molecule has 3 rings (SSSR count). The fraction of sp³-hybridized carbons (Fsp3) is 0.360. The quantitative estimate of drug-likeness (QED) is 0.354. The molecular weight excluding hydrogens is 424 g/mol. The van der Waals surface area contributed by atoms with Crippen molar-refractivity contribution in [3.8, 4) is 17.2 Å². The summed E-state index contributed by atoms with van der Waals surface area (Å²) >= 11 is 0. The molecule has 33 heavy (non-hydrogen) atoms. The Bertz CT molecular complexity index is 1060. The molecule has 2 aromatic rings. The van der Waals surface area contributed by atoms with E-state index in [4.69, 9.17) is 14.2 Å². The van der Waals surface area contributed by atoms with Crippen LogP contribution in [-0.4, -0.2) is 75.1 Å². The van der Waals surface area contributed by atoms with Gasteiger partial charge in [0, 0.05) is 12.6 Å². The number of hydrogen-bond acceptors (Lipinski definition) is 7. The van der Waals surface area contributed by atoms with Gasteiger partial charge < -0.3 is 29.1 Å². The number of amides is 1. The van der Waals surface area contributed by atoms with Crippen LogP contribution in [0.4, 0.5) is 0 Å². The van der Waals surface area contributed by atoms with Gasteiger partial charge in [-0.05, 0) is 56.9 Å². The van der Waals surface area contributed by atoms with E-state index in [0.29, 0.717) is 41.3 Å². The molecule has 1 atom stereocenters. The maximum atomic E-state index is 13.2. The van der Waals surface area contributed by atoms with Crippen molar-refractivity contribution >= 4 is 17.4 Å². The van der Waals surface area contributed by atoms with Gasteiger partial charge in [-0.1, -0.05) is 12.1 Å². The second-order valence-corrected chi connectivity index (χ2v) is 7.99. The van der Waals surface area contributed by atoms with Gasteiger partial charge in [-0.25, -0.2) is 0 Å². The van der Waals surface area contributed by atoms with Crippen LogP contribution in [0.3, 0.4) is 0 Å². The molecule has 2 aromatic carbocycles. The first-order valence-electron chi connectivity index (χ1n) is 10.6. The minimum Gasteiger partial charge on any atom is -0.507 e. The second-order valence-electron chi connectivity index (χ2n) is 7.99. The normalized spacial score (nSPS) is 17.5. The topological polar surface area (TPSA) is 88.5 Å². The standard InChI is InChI=1S/C25H30N2O6/c1-26(2)12-7-13-27-22(16-8-6-9-17(14-16)31-3)21(24(29)25(27)30)23(28)19-11-10-18(32-4)15-20(19)33-5/h6,8-11,14-15,22,28H,7,12-13H2,1-5H3. The second kappa shape index (κ2) is 10.4. The molecule has 8 heteroatoms. The number of methoxy groups -OCH3 is 3. The van der Waals surface area contributed by atoms with Gasteiger partial charge in [0.25, 0.3) is 11.7 Å². The number of ether oxygens (including phenoxy) is 3. The third-order valence-corrected chi connectivity index (χ3v) is 5.62. The SMILES string of the molecule is COc1cccc(C2C(=C(O)c3ccc(OC)cc3OC)C(=O)C(=O)N2CCCN(C)C)c1. The van der Waals surface area contributed by atoms with Crippen molar-refractivity contribution < 1.29 is 28.9 Å². The fourth-order valence-electron chi connectivity index (χ4n) is 3.97. The molecule has 1 aliphatic rings. The molecule has 0 spiro atoms. The van der Waals surface area contributed by atoms with E-state index in [1.807, 2.05) is 25.1 Å². The van der Waals surface area contributed by atoms with E-state index in [9.17, 15) is 14.7 Å². The molecule has 176 valence electrons. The number of hydrogen-bond donors (Lipinski definition) is 1. The lowest BCUT2D eigenvalue weighted by Crippen LogP contribution is -2.32. The highest BCUT2D eigenvalue weighted by atomic mass is 16.5. The molecule has 1 saturated heterocycles. The molecule has 0 bridgehead atoms. The minimum absolute atomic E-state index is 0.0153. The summed E-state index contributed by atoms with van der Waals surface area (Å²) in [6.07, 6.45) is 0.673. The molecule has 0 radical (unpaired) electrons. The molecule has 1 fully saturated rings. The molecule has 1 N–H and O–H groups in total. The van der Waals surface area contributed by atoms with Gasteiger partial charge in [-0.15, -0.1) is 0 Å². The van der Waals surface area contributed by atoms with Crippen LogP contribution in [0, 0.1) is 0 Å². The van der Waals surface area contributed by atoms with Gasteiger partial charge in [0.15, 0.2) is 0 Å². The maximum absolute atomic E-state index is 13.2. The zero-order valence-corrected chi connectivity index (χ0v) is 19.6. The van der Waals surface area contributed by atoms with Gasteiger partial charge in [0.2, 0.25) is 0 Å². The predicted molar refractivity (Wildman–Crippen MR) is 125 cm³/mol. The van der Waals surface area contributed by atoms with Crippen LogP contribution in [0.1, 0.15) is 23.6 Å². The minimum atomic E-state index is -0.755. The van der Waals surface area contributed by atoms with Crippen LogP contribution in [-0.2, 0) is 9.59 Å². The molecule has 1 heterocycles. The van der Waals surface area contributed by atoms with Crippen LogP contribution >= 0.6 is 0 Å². The smallest absolute Gasteiger partial charge is 0.295 e. The average Bonchev–Trinajstić information content (AvgIpc) is 3.08. The zero-order valence-electron chi connectivity index (χ0n) is 19.6. The van der Waals surface area contributed by atoms with Crippen LogP contribution in [0.15, 0.2) is 48.0 Å². The Morgan fingerprint density at radius 1 is 1.00 bits per heavy atom. The van der Waals surface area contributed by atoms with E-state index >= 15 is 0 Å². The average molecular weight is 455 g/mol. The van der Waals surface area contributed by atoms with Gasteiger partial charge >= 0.3 is 0 Å². The summed E-state index contributed by atoms with van der Waals surface area (Å²) in [6, 6.07) is 11.3. The molecule has 0 aromatic heterocycles. The number of benzene rings is 2. The Balaban J connectivity index is 2.16. The van der Waals surface area contributed by atoms with Crippen molar-refractivity contribution in [3.05, 3.63) is 59.2 Å². The highest BCUT2D eigenvalue weighted by Crippen LogP contribution is 2.42. The van der Waals surface area contributed by atoms with Gasteiger partial charge in [-0.2, -0.15) is 0 Å². The van der Waals surface area contributed by atoms with E-state index < -0.39 is 17.7 Å². The third kappa shape index (κ3) is 4.96. The molecule has 8 nitrogen and oxygen atoms in total. The van der Waals surface area contributed by atoms with Gasteiger partial charge in [0.1, 0.15) is 23.0 Å². The van der Waals surface area contributed by atoms with E-state index in [1.54, 1.807) is 43.5 Å². The monoisotopic (exact) mass is 454 g/mol. The van der Waals surface area contributed by atoms with Crippen molar-refractivity contribution in [2.75, 3.05) is 48.5 Å². The summed E-state index contributed by atoms with van der Waals surface area (Å²) in [5.41, 5.74) is 0.992. The van der Waals surface area contributed by atoms with Crippen molar-refractivity contribution in [3.63, 3.8) is 0 Å². The summed E-state index contributed by atoms with van der Waals surface area (Å²) in [5.74, 6) is -0.213. The lowest BCUT2D eigenvalue weighted by molar-refractivity contribution is -0.139. The number of carbonyl (C=O) groups excluding carboxylic acids is 2.